The molecule has 0 aliphatic rings. The molecule has 13 aromatic carbocycles. The number of nitrogens with zero attached hydrogens (tertiary/aromatic N) is 8. The lowest BCUT2D eigenvalue weighted by Gasteiger charge is -2.19. The predicted octanol–water partition coefficient (Wildman–Crippen LogP) is 31.7. The highest BCUT2D eigenvalue weighted by Crippen LogP contribution is 2.49. The van der Waals surface area contributed by atoms with E-state index in [1.54, 1.807) is 0 Å². The van der Waals surface area contributed by atoms with Crippen LogP contribution in [0.25, 0.3) is 187 Å². The number of benzene rings is 13. The Balaban J connectivity index is 0.796. The van der Waals surface area contributed by atoms with Crippen molar-refractivity contribution in [3.63, 3.8) is 0 Å². The molecular weight excluding hydrogens is 1510 g/mol. The van der Waals surface area contributed by atoms with E-state index >= 15 is 0 Å². The van der Waals surface area contributed by atoms with E-state index < -0.39 is 0 Å². The van der Waals surface area contributed by atoms with E-state index in [1.165, 1.54) is 132 Å². The average Bonchev–Trinajstić information content (AvgIpc) is 1.56. The normalized spacial score (nSPS) is 13.5. The van der Waals surface area contributed by atoms with E-state index in [-0.39, 0.29) is 43.3 Å². The summed E-state index contributed by atoms with van der Waals surface area (Å²) in [6, 6.07) is 95.2. The maximum atomic E-state index is 5.44. The molecule has 8 nitrogen and oxygen atoms in total. The van der Waals surface area contributed by atoms with Gasteiger partial charge in [-0.1, -0.05) is 215 Å². The molecule has 21 rings (SSSR count). The Morgan fingerprint density at radius 1 is 0.153 bits per heavy atom. The van der Waals surface area contributed by atoms with E-state index in [9.17, 15) is 0 Å². The van der Waals surface area contributed by atoms with Gasteiger partial charge in [-0.15, -0.1) is 0 Å². The molecule has 0 spiro atoms. The van der Waals surface area contributed by atoms with Crippen molar-refractivity contribution in [1.29, 1.82) is 0 Å². The van der Waals surface area contributed by atoms with Crippen LogP contribution in [0.2, 0.25) is 0 Å². The van der Waals surface area contributed by atoms with Gasteiger partial charge in [0, 0.05) is 111 Å². The number of hydrogen-bond donors (Lipinski definition) is 0. The molecule has 8 aromatic heterocycles. The van der Waals surface area contributed by atoms with Gasteiger partial charge in [0.2, 0.25) is 0 Å². The number of fused-ring (bicyclic) bond motifs is 21. The van der Waals surface area contributed by atoms with Crippen LogP contribution in [-0.2, 0) is 43.3 Å². The Kier molecular flexibility index (Phi) is 16.8. The standard InChI is InChI=1S/C116H114N8/c1-109(2,3)67-25-39-93-81(55-67)82-56-68(110(4,5)6)26-40-94(82)119(93)75-33-47-101-89(63-75)90-64-76(120-95-41-27-69(111(7,8)9)57-83(95)84-58-70(112(10,11)12)28-42-96(84)120)34-48-102(90)123(101)105-51-53-117-107-79(105)37-38-80-106(52-54-118-108(80)107)124-103-49-35-77(121-97-43-29-71(113(13,14)15)59-85(97)86-60-72(114(16,17)18)30-44-98(86)121)65-91(103)92-66-78(36-50-104(92)124)122-99-45-31-73(115(19,20)21)61-87(99)88-62-74(116(22,23)24)32-46-100(88)122/h25-66H,1-24H3. The molecule has 0 radical (unpaired) electrons. The van der Waals surface area contributed by atoms with Gasteiger partial charge in [-0.05, 0) is 282 Å². The Morgan fingerprint density at radius 3 is 0.476 bits per heavy atom. The summed E-state index contributed by atoms with van der Waals surface area (Å²) < 4.78 is 15.1. The van der Waals surface area contributed by atoms with Crippen molar-refractivity contribution in [3.8, 4) is 34.1 Å². The number of hydrogen-bond acceptors (Lipinski definition) is 2. The third-order valence-electron chi connectivity index (χ3n) is 27.5. The highest BCUT2D eigenvalue weighted by molar-refractivity contribution is 6.19. The van der Waals surface area contributed by atoms with Gasteiger partial charge in [-0.2, -0.15) is 0 Å². The van der Waals surface area contributed by atoms with Crippen molar-refractivity contribution in [1.82, 2.24) is 37.4 Å². The van der Waals surface area contributed by atoms with Gasteiger partial charge in [0.05, 0.1) is 88.6 Å². The van der Waals surface area contributed by atoms with Crippen molar-refractivity contribution < 1.29 is 0 Å². The Bertz CT molecular complexity index is 6990. The van der Waals surface area contributed by atoms with Crippen molar-refractivity contribution in [2.24, 2.45) is 0 Å². The van der Waals surface area contributed by atoms with Crippen LogP contribution in [0.15, 0.2) is 255 Å². The number of pyridine rings is 2. The smallest absolute Gasteiger partial charge is 0.0986 e. The third-order valence-corrected chi connectivity index (χ3v) is 27.5. The number of rotatable bonds is 6. The molecule has 0 aliphatic carbocycles. The molecule has 21 aromatic rings. The molecule has 124 heavy (non-hydrogen) atoms. The third kappa shape index (κ3) is 12.2. The minimum Gasteiger partial charge on any atom is -0.309 e. The maximum Gasteiger partial charge on any atom is 0.0986 e. The molecule has 0 saturated heterocycles. The lowest BCUT2D eigenvalue weighted by molar-refractivity contribution is 0.590. The zero-order chi connectivity index (χ0) is 86.8. The SMILES string of the molecule is CC(C)(C)c1ccc2c(c1)c1cc(C(C)(C)C)ccc1n2-c1ccc2c(c1)c1cc(-n3c4ccc(C(C)(C)C)cc4c4cc(C(C)(C)C)ccc43)ccc1n2-c1ccnc2c1ccc1c(-n3c4ccc(-n5c6ccc(C(C)(C)C)cc6c6cc(C(C)(C)C)ccc65)cc4c4cc(-n5c6ccc(C(C)(C)C)cc6c6cc(C(C)(C)C)ccc65)ccc43)ccnc12. The van der Waals surface area contributed by atoms with Crippen LogP contribution in [-0.4, -0.2) is 37.4 Å². The molecule has 0 aliphatic heterocycles. The van der Waals surface area contributed by atoms with Gasteiger partial charge in [0.15, 0.2) is 0 Å². The van der Waals surface area contributed by atoms with Crippen LogP contribution >= 0.6 is 0 Å². The average molecular weight is 1620 g/mol. The molecule has 0 N–H and O–H groups in total. The first-order chi connectivity index (χ1) is 58.5. The van der Waals surface area contributed by atoms with Crippen LogP contribution in [0.4, 0.5) is 0 Å². The van der Waals surface area contributed by atoms with Crippen LogP contribution in [0, 0.1) is 0 Å². The summed E-state index contributed by atoms with van der Waals surface area (Å²) in [6.07, 6.45) is 4.01. The minimum absolute atomic E-state index is 0.0367. The summed E-state index contributed by atoms with van der Waals surface area (Å²) in [7, 11) is 0. The van der Waals surface area contributed by atoms with E-state index in [0.717, 1.165) is 99.5 Å². The van der Waals surface area contributed by atoms with Crippen LogP contribution in [0.5, 0.6) is 0 Å². The molecule has 8 heterocycles. The van der Waals surface area contributed by atoms with E-state index in [1.807, 2.05) is 12.4 Å². The summed E-state index contributed by atoms with van der Waals surface area (Å²) >= 11 is 0. The Morgan fingerprint density at radius 2 is 0.306 bits per heavy atom. The van der Waals surface area contributed by atoms with Gasteiger partial charge < -0.3 is 27.4 Å². The second kappa shape index (κ2) is 26.5. The molecule has 0 saturated carbocycles. The van der Waals surface area contributed by atoms with Crippen molar-refractivity contribution in [2.45, 2.75) is 209 Å². The van der Waals surface area contributed by atoms with Gasteiger partial charge >= 0.3 is 0 Å². The molecule has 0 unspecified atom stereocenters. The zero-order valence-corrected chi connectivity index (χ0v) is 76.8. The first-order valence-electron chi connectivity index (χ1n) is 44.7. The van der Waals surface area contributed by atoms with Crippen LogP contribution in [0.1, 0.15) is 211 Å². The maximum absolute atomic E-state index is 5.44. The second-order valence-corrected chi connectivity index (χ2v) is 44.2. The molecular formula is C116H114N8. The van der Waals surface area contributed by atoms with Crippen molar-refractivity contribution in [3.05, 3.63) is 300 Å². The highest BCUT2D eigenvalue weighted by atomic mass is 15.0. The molecule has 618 valence electrons. The molecule has 0 fully saturated rings. The molecule has 0 bridgehead atoms. The summed E-state index contributed by atoms with van der Waals surface area (Å²) in [4.78, 5) is 10.9. The van der Waals surface area contributed by atoms with Crippen LogP contribution < -0.4 is 0 Å². The van der Waals surface area contributed by atoms with Crippen molar-refractivity contribution >= 4 is 153 Å². The van der Waals surface area contributed by atoms with E-state index in [2.05, 4.69) is 436 Å². The first-order valence-corrected chi connectivity index (χ1v) is 44.7. The topological polar surface area (TPSA) is 55.4 Å². The van der Waals surface area contributed by atoms with Gasteiger partial charge in [-0.25, -0.2) is 0 Å². The largest absolute Gasteiger partial charge is 0.309 e. The quantitative estimate of drug-likeness (QED) is 0.156. The molecule has 8 heteroatoms. The number of aromatic nitrogens is 8. The van der Waals surface area contributed by atoms with E-state index in [4.69, 9.17) is 9.97 Å². The lowest BCUT2D eigenvalue weighted by atomic mass is 9.85. The monoisotopic (exact) mass is 1620 g/mol. The fourth-order valence-corrected chi connectivity index (χ4v) is 20.2. The Hall–Kier alpha value is -12.5. The first kappa shape index (κ1) is 78.7. The second-order valence-electron chi connectivity index (χ2n) is 44.2. The zero-order valence-electron chi connectivity index (χ0n) is 76.8. The van der Waals surface area contributed by atoms with Crippen molar-refractivity contribution in [2.75, 3.05) is 0 Å². The summed E-state index contributed by atoms with van der Waals surface area (Å²) in [5.74, 6) is 0. The summed E-state index contributed by atoms with van der Waals surface area (Å²) in [5, 5.41) is 16.8. The summed E-state index contributed by atoms with van der Waals surface area (Å²) in [5.41, 5.74) is 32.3. The van der Waals surface area contributed by atoms with Gasteiger partial charge in [0.25, 0.3) is 0 Å². The van der Waals surface area contributed by atoms with Crippen LogP contribution in [0.3, 0.4) is 0 Å². The minimum atomic E-state index is -0.0367. The predicted molar refractivity (Wildman–Crippen MR) is 533 cm³/mol. The van der Waals surface area contributed by atoms with Gasteiger partial charge in [0.1, 0.15) is 0 Å². The van der Waals surface area contributed by atoms with E-state index in [0.29, 0.717) is 0 Å². The Labute approximate surface area is 728 Å². The summed E-state index contributed by atoms with van der Waals surface area (Å²) in [6.45, 7) is 55.7. The fourth-order valence-electron chi connectivity index (χ4n) is 20.2. The molecule has 0 atom stereocenters. The van der Waals surface area contributed by atoms with Gasteiger partial charge in [-0.3, -0.25) is 9.97 Å². The highest BCUT2D eigenvalue weighted by Gasteiger charge is 2.31. The molecule has 0 amide bonds. The fraction of sp³-hybridized carbons (Fsp3) is 0.276. The lowest BCUT2D eigenvalue weighted by Crippen LogP contribution is -2.10.